The van der Waals surface area contributed by atoms with Crippen molar-refractivity contribution in [2.24, 2.45) is 7.05 Å². The molecule has 0 saturated carbocycles. The van der Waals surface area contributed by atoms with E-state index >= 15 is 0 Å². The molecule has 0 N–H and O–H groups in total. The molecule has 180 valence electrons. The van der Waals surface area contributed by atoms with Gasteiger partial charge in [0.2, 0.25) is 5.75 Å². The lowest BCUT2D eigenvalue weighted by Crippen LogP contribution is -2.46. The van der Waals surface area contributed by atoms with Crippen LogP contribution in [0.5, 0.6) is 5.75 Å². The van der Waals surface area contributed by atoms with Crippen LogP contribution in [0.25, 0.3) is 5.69 Å². The fourth-order valence-corrected chi connectivity index (χ4v) is 4.26. The van der Waals surface area contributed by atoms with Crippen LogP contribution in [0.15, 0.2) is 72.0 Å². The van der Waals surface area contributed by atoms with Gasteiger partial charge in [-0.05, 0) is 36.8 Å². The van der Waals surface area contributed by atoms with Crippen LogP contribution in [0.2, 0.25) is 0 Å². The Labute approximate surface area is 204 Å². The van der Waals surface area contributed by atoms with Gasteiger partial charge in [0.05, 0.1) is 18.1 Å². The average molecular weight is 472 g/mol. The van der Waals surface area contributed by atoms with Gasteiger partial charge in [0.15, 0.2) is 0 Å². The van der Waals surface area contributed by atoms with E-state index in [0.29, 0.717) is 11.4 Å². The first-order chi connectivity index (χ1) is 17.1. The van der Waals surface area contributed by atoms with Gasteiger partial charge in [0, 0.05) is 63.4 Å². The van der Waals surface area contributed by atoms with Crippen LogP contribution in [0, 0.1) is 6.92 Å². The minimum Gasteiger partial charge on any atom is -0.481 e. The quantitative estimate of drug-likeness (QED) is 0.410. The minimum absolute atomic E-state index is 0.267. The highest BCUT2D eigenvalue weighted by molar-refractivity contribution is 5.57. The fraction of sp³-hybridized carbons (Fsp3) is 0.308. The summed E-state index contributed by atoms with van der Waals surface area (Å²) in [7, 11) is 1.97. The van der Waals surface area contributed by atoms with Gasteiger partial charge in [-0.25, -0.2) is 0 Å². The first-order valence-electron chi connectivity index (χ1n) is 11.7. The Bertz CT molecular complexity index is 1330. The van der Waals surface area contributed by atoms with Gasteiger partial charge in [-0.1, -0.05) is 18.2 Å². The zero-order valence-electron chi connectivity index (χ0n) is 20.0. The average Bonchev–Trinajstić information content (AvgIpc) is 3.21. The zero-order valence-corrected chi connectivity index (χ0v) is 20.0. The third-order valence-electron chi connectivity index (χ3n) is 6.49. The number of hydrogen-bond donors (Lipinski definition) is 0. The van der Waals surface area contributed by atoms with E-state index in [4.69, 9.17) is 4.74 Å². The molecule has 0 radical (unpaired) electrons. The highest BCUT2D eigenvalue weighted by Gasteiger charge is 2.24. The summed E-state index contributed by atoms with van der Waals surface area (Å²) in [6.45, 7) is 6.55. The van der Waals surface area contributed by atoms with Crippen molar-refractivity contribution in [3.63, 3.8) is 0 Å². The van der Waals surface area contributed by atoms with E-state index in [9.17, 15) is 4.79 Å². The molecule has 3 aromatic heterocycles. The first-order valence-corrected chi connectivity index (χ1v) is 11.7. The summed E-state index contributed by atoms with van der Waals surface area (Å²) in [4.78, 5) is 22.2. The molecular formula is C26H29N7O2. The smallest absolute Gasteiger partial charge is 0.316 e. The number of para-hydroxylation sites is 1. The second kappa shape index (κ2) is 10.1. The van der Waals surface area contributed by atoms with Crippen molar-refractivity contribution in [1.82, 2.24) is 29.4 Å². The van der Waals surface area contributed by atoms with Crippen LogP contribution in [0.4, 0.5) is 5.69 Å². The number of hydrogen-bond acceptors (Lipinski definition) is 7. The van der Waals surface area contributed by atoms with Crippen molar-refractivity contribution in [1.29, 1.82) is 0 Å². The summed E-state index contributed by atoms with van der Waals surface area (Å²) in [5.74, 6) is 0.317. The standard InChI is InChI=1S/C26H29N7O2/c1-20-22(16-28-30(20)2)18-31-12-14-32(15-13-31)24-17-29-33(23-6-4-3-5-7-23)26(34)25(24)35-19-21-8-10-27-11-9-21/h3-11,16-17H,12-15,18-19H2,1-2H3. The molecule has 1 aliphatic heterocycles. The largest absolute Gasteiger partial charge is 0.481 e. The van der Waals surface area contributed by atoms with Crippen molar-refractivity contribution < 1.29 is 4.74 Å². The van der Waals surface area contributed by atoms with Crippen molar-refractivity contribution in [3.05, 3.63) is 94.4 Å². The molecule has 0 amide bonds. The lowest BCUT2D eigenvalue weighted by atomic mass is 10.2. The molecule has 35 heavy (non-hydrogen) atoms. The zero-order chi connectivity index (χ0) is 24.2. The van der Waals surface area contributed by atoms with Crippen LogP contribution in [-0.4, -0.2) is 55.6 Å². The van der Waals surface area contributed by atoms with E-state index in [-0.39, 0.29) is 12.2 Å². The second-order valence-corrected chi connectivity index (χ2v) is 8.70. The summed E-state index contributed by atoms with van der Waals surface area (Å²) in [5, 5.41) is 8.85. The van der Waals surface area contributed by atoms with Crippen LogP contribution in [0.1, 0.15) is 16.8 Å². The van der Waals surface area contributed by atoms with E-state index in [2.05, 4.69) is 31.9 Å². The summed E-state index contributed by atoms with van der Waals surface area (Å²) in [6.07, 6.45) is 7.13. The lowest BCUT2D eigenvalue weighted by molar-refractivity contribution is 0.246. The summed E-state index contributed by atoms with van der Waals surface area (Å²) < 4.78 is 9.45. The predicted molar refractivity (Wildman–Crippen MR) is 134 cm³/mol. The summed E-state index contributed by atoms with van der Waals surface area (Å²) >= 11 is 0. The summed E-state index contributed by atoms with van der Waals surface area (Å²) in [5.41, 5.74) is 4.55. The Balaban J connectivity index is 1.38. The van der Waals surface area contributed by atoms with E-state index in [1.165, 1.54) is 15.9 Å². The Hall–Kier alpha value is -3.98. The van der Waals surface area contributed by atoms with Crippen molar-refractivity contribution in [2.75, 3.05) is 31.1 Å². The molecule has 0 spiro atoms. The lowest BCUT2D eigenvalue weighted by Gasteiger charge is -2.36. The van der Waals surface area contributed by atoms with Crippen molar-refractivity contribution in [2.45, 2.75) is 20.1 Å². The number of rotatable bonds is 7. The summed E-state index contributed by atoms with van der Waals surface area (Å²) in [6, 6.07) is 13.2. The topological polar surface area (TPSA) is 81.3 Å². The Morgan fingerprint density at radius 3 is 2.37 bits per heavy atom. The predicted octanol–water partition coefficient (Wildman–Crippen LogP) is 2.57. The maximum Gasteiger partial charge on any atom is 0.316 e. The normalized spacial score (nSPS) is 14.3. The van der Waals surface area contributed by atoms with E-state index in [1.807, 2.05) is 60.4 Å². The van der Waals surface area contributed by atoms with Gasteiger partial charge in [0.1, 0.15) is 12.3 Å². The first kappa shape index (κ1) is 22.8. The second-order valence-electron chi connectivity index (χ2n) is 8.70. The molecule has 4 heterocycles. The van der Waals surface area contributed by atoms with E-state index in [0.717, 1.165) is 44.0 Å². The molecule has 1 aromatic carbocycles. The molecule has 0 unspecified atom stereocenters. The molecule has 1 aliphatic rings. The Morgan fingerprint density at radius 2 is 1.69 bits per heavy atom. The SMILES string of the molecule is Cc1c(CN2CCN(c3cnn(-c4ccccc4)c(=O)c3OCc3ccncc3)CC2)cnn1C. The van der Waals surface area contributed by atoms with Crippen LogP contribution < -0.4 is 15.2 Å². The van der Waals surface area contributed by atoms with Crippen molar-refractivity contribution >= 4 is 5.69 Å². The van der Waals surface area contributed by atoms with Gasteiger partial charge in [-0.2, -0.15) is 14.9 Å². The molecule has 1 fully saturated rings. The minimum atomic E-state index is -0.267. The number of ether oxygens (including phenoxy) is 1. The fourth-order valence-electron chi connectivity index (χ4n) is 4.26. The molecule has 5 rings (SSSR count). The molecule has 9 nitrogen and oxygen atoms in total. The maximum absolute atomic E-state index is 13.5. The van der Waals surface area contributed by atoms with Gasteiger partial charge in [-0.15, -0.1) is 0 Å². The molecule has 0 atom stereocenters. The van der Waals surface area contributed by atoms with E-state index in [1.54, 1.807) is 18.6 Å². The highest BCUT2D eigenvalue weighted by Crippen LogP contribution is 2.26. The monoisotopic (exact) mass is 471 g/mol. The van der Waals surface area contributed by atoms with Gasteiger partial charge >= 0.3 is 5.56 Å². The van der Waals surface area contributed by atoms with Crippen LogP contribution >= 0.6 is 0 Å². The molecule has 9 heteroatoms. The van der Waals surface area contributed by atoms with Crippen LogP contribution in [0.3, 0.4) is 0 Å². The van der Waals surface area contributed by atoms with Crippen LogP contribution in [-0.2, 0) is 20.2 Å². The number of anilines is 1. The molecule has 1 saturated heterocycles. The van der Waals surface area contributed by atoms with Gasteiger partial charge in [0.25, 0.3) is 0 Å². The molecule has 0 aliphatic carbocycles. The molecule has 4 aromatic rings. The number of piperazine rings is 1. The Morgan fingerprint density at radius 1 is 0.943 bits per heavy atom. The number of nitrogens with zero attached hydrogens (tertiary/aromatic N) is 7. The van der Waals surface area contributed by atoms with E-state index < -0.39 is 0 Å². The number of benzene rings is 1. The highest BCUT2D eigenvalue weighted by atomic mass is 16.5. The van der Waals surface area contributed by atoms with Gasteiger partial charge in [-0.3, -0.25) is 19.4 Å². The molecule has 0 bridgehead atoms. The number of aryl methyl sites for hydroxylation is 1. The van der Waals surface area contributed by atoms with Crippen molar-refractivity contribution in [3.8, 4) is 11.4 Å². The maximum atomic E-state index is 13.5. The number of pyridine rings is 1. The Kier molecular flexibility index (Phi) is 6.58. The number of aromatic nitrogens is 5. The van der Waals surface area contributed by atoms with Gasteiger partial charge < -0.3 is 9.64 Å². The third kappa shape index (κ3) is 4.95. The molecular weight excluding hydrogens is 442 g/mol. The third-order valence-corrected chi connectivity index (χ3v) is 6.49.